The van der Waals surface area contributed by atoms with Gasteiger partial charge in [0.2, 0.25) is 10.0 Å². The normalized spacial score (nSPS) is 11.0. The molecule has 0 saturated carbocycles. The van der Waals surface area contributed by atoms with Crippen molar-refractivity contribution in [2.75, 3.05) is 23.7 Å². The van der Waals surface area contributed by atoms with E-state index in [2.05, 4.69) is 11.9 Å². The molecule has 0 aromatic heterocycles. The third-order valence-electron chi connectivity index (χ3n) is 3.98. The Kier molecular flexibility index (Phi) is 7.45. The number of carbonyl (C=O) groups is 1. The van der Waals surface area contributed by atoms with Gasteiger partial charge in [-0.05, 0) is 48.7 Å². The van der Waals surface area contributed by atoms with Crippen molar-refractivity contribution in [2.24, 2.45) is 0 Å². The molecule has 5 nitrogen and oxygen atoms in total. The first kappa shape index (κ1) is 21.0. The van der Waals surface area contributed by atoms with Crippen molar-refractivity contribution in [2.45, 2.75) is 12.8 Å². The first-order valence-corrected chi connectivity index (χ1v) is 10.8. The Labute approximate surface area is 165 Å². The van der Waals surface area contributed by atoms with Crippen molar-refractivity contribution < 1.29 is 13.2 Å². The molecule has 2 aromatic carbocycles. The lowest BCUT2D eigenvalue weighted by Crippen LogP contribution is -2.30. The van der Waals surface area contributed by atoms with E-state index in [1.807, 2.05) is 24.3 Å². The molecule has 7 heteroatoms. The molecule has 0 bridgehead atoms. The van der Waals surface area contributed by atoms with Crippen LogP contribution in [0.2, 0.25) is 5.02 Å². The smallest absolute Gasteiger partial charge is 0.251 e. The zero-order valence-electron chi connectivity index (χ0n) is 15.2. The van der Waals surface area contributed by atoms with E-state index in [0.29, 0.717) is 17.8 Å². The number of hydrogen-bond donors (Lipinski definition) is 1. The minimum absolute atomic E-state index is 0.173. The molecule has 2 rings (SSSR count). The predicted octanol–water partition coefficient (Wildman–Crippen LogP) is 3.65. The summed E-state index contributed by atoms with van der Waals surface area (Å²) in [6, 6.07) is 14.1. The molecule has 0 radical (unpaired) electrons. The van der Waals surface area contributed by atoms with Crippen LogP contribution in [0.5, 0.6) is 0 Å². The van der Waals surface area contributed by atoms with Gasteiger partial charge in [0, 0.05) is 17.1 Å². The van der Waals surface area contributed by atoms with E-state index in [1.54, 1.807) is 24.3 Å². The highest BCUT2D eigenvalue weighted by Crippen LogP contribution is 2.19. The lowest BCUT2D eigenvalue weighted by Gasteiger charge is -2.20. The van der Waals surface area contributed by atoms with Crippen molar-refractivity contribution in [1.82, 2.24) is 5.32 Å². The monoisotopic (exact) mass is 406 g/mol. The molecule has 0 unspecified atom stereocenters. The fourth-order valence-corrected chi connectivity index (χ4v) is 3.72. The minimum atomic E-state index is -3.41. The van der Waals surface area contributed by atoms with Gasteiger partial charge < -0.3 is 5.32 Å². The number of anilines is 1. The van der Waals surface area contributed by atoms with Crippen LogP contribution in [0.4, 0.5) is 5.69 Å². The molecule has 144 valence electrons. The average Bonchev–Trinajstić information content (AvgIpc) is 2.63. The molecular weight excluding hydrogens is 384 g/mol. The number of hydrogen-bond acceptors (Lipinski definition) is 3. The summed E-state index contributed by atoms with van der Waals surface area (Å²) in [5, 5.41) is 3.59. The maximum absolute atomic E-state index is 12.2. The van der Waals surface area contributed by atoms with E-state index in [1.165, 1.54) is 10.4 Å². The Hall–Kier alpha value is -2.31. The number of amides is 1. The molecule has 0 atom stereocenters. The van der Waals surface area contributed by atoms with Crippen LogP contribution in [0.1, 0.15) is 22.3 Å². The van der Waals surface area contributed by atoms with Crippen molar-refractivity contribution in [3.8, 4) is 0 Å². The average molecular weight is 407 g/mol. The van der Waals surface area contributed by atoms with Crippen LogP contribution in [0.15, 0.2) is 61.2 Å². The summed E-state index contributed by atoms with van der Waals surface area (Å²) in [5.41, 5.74) is 2.03. The van der Waals surface area contributed by atoms with Crippen LogP contribution in [0.3, 0.4) is 0 Å². The first-order valence-electron chi connectivity index (χ1n) is 8.53. The molecule has 0 aliphatic heterocycles. The SMILES string of the molecule is C=CCN(c1ccc(C(=O)NCCCc2ccccc2Cl)cc1)S(C)(=O)=O. The summed E-state index contributed by atoms with van der Waals surface area (Å²) in [6.07, 6.45) is 4.20. The van der Waals surface area contributed by atoms with Gasteiger partial charge in [-0.15, -0.1) is 6.58 Å². The summed E-state index contributed by atoms with van der Waals surface area (Å²) in [4.78, 5) is 12.2. The second-order valence-corrected chi connectivity index (χ2v) is 8.39. The molecule has 0 aliphatic rings. The highest BCUT2D eigenvalue weighted by Gasteiger charge is 2.16. The molecule has 2 aromatic rings. The van der Waals surface area contributed by atoms with Crippen LogP contribution in [0, 0.1) is 0 Å². The number of carbonyl (C=O) groups excluding carboxylic acids is 1. The molecule has 0 spiro atoms. The van der Waals surface area contributed by atoms with Crippen LogP contribution in [-0.2, 0) is 16.4 Å². The van der Waals surface area contributed by atoms with Gasteiger partial charge in [-0.25, -0.2) is 8.42 Å². The van der Waals surface area contributed by atoms with Crippen LogP contribution >= 0.6 is 11.6 Å². The van der Waals surface area contributed by atoms with Crippen molar-refractivity contribution in [3.63, 3.8) is 0 Å². The van der Waals surface area contributed by atoms with Crippen molar-refractivity contribution >= 4 is 33.2 Å². The summed E-state index contributed by atoms with van der Waals surface area (Å²) in [5.74, 6) is -0.199. The fourth-order valence-electron chi connectivity index (χ4n) is 2.61. The number of benzene rings is 2. The van der Waals surface area contributed by atoms with E-state index in [0.717, 1.165) is 29.7 Å². The minimum Gasteiger partial charge on any atom is -0.352 e. The number of sulfonamides is 1. The number of halogens is 1. The summed E-state index contributed by atoms with van der Waals surface area (Å²) in [6.45, 7) is 4.27. The number of nitrogens with zero attached hydrogens (tertiary/aromatic N) is 1. The van der Waals surface area contributed by atoms with Gasteiger partial charge in [0.25, 0.3) is 5.91 Å². The molecule has 0 heterocycles. The lowest BCUT2D eigenvalue weighted by molar-refractivity contribution is 0.0953. The second kappa shape index (κ2) is 9.58. The number of rotatable bonds is 9. The first-order chi connectivity index (χ1) is 12.8. The van der Waals surface area contributed by atoms with Crippen molar-refractivity contribution in [1.29, 1.82) is 0 Å². The summed E-state index contributed by atoms with van der Waals surface area (Å²) in [7, 11) is -3.41. The third kappa shape index (κ3) is 6.12. The number of nitrogens with one attached hydrogen (secondary N) is 1. The van der Waals surface area contributed by atoms with E-state index < -0.39 is 10.0 Å². The van der Waals surface area contributed by atoms with Gasteiger partial charge in [0.1, 0.15) is 0 Å². The highest BCUT2D eigenvalue weighted by molar-refractivity contribution is 7.92. The molecular formula is C20H23ClN2O3S. The maximum Gasteiger partial charge on any atom is 0.251 e. The lowest BCUT2D eigenvalue weighted by atomic mass is 10.1. The summed E-state index contributed by atoms with van der Waals surface area (Å²) < 4.78 is 24.9. The van der Waals surface area contributed by atoms with Crippen LogP contribution in [-0.4, -0.2) is 33.7 Å². The Morgan fingerprint density at radius 2 is 1.85 bits per heavy atom. The van der Waals surface area contributed by atoms with Gasteiger partial charge in [0.05, 0.1) is 18.5 Å². The second-order valence-electron chi connectivity index (χ2n) is 6.08. The van der Waals surface area contributed by atoms with Gasteiger partial charge in [0.15, 0.2) is 0 Å². The van der Waals surface area contributed by atoms with Crippen LogP contribution < -0.4 is 9.62 Å². The summed E-state index contributed by atoms with van der Waals surface area (Å²) >= 11 is 6.12. The van der Waals surface area contributed by atoms with Crippen LogP contribution in [0.25, 0.3) is 0 Å². The number of aryl methyl sites for hydroxylation is 1. The van der Waals surface area contributed by atoms with Gasteiger partial charge >= 0.3 is 0 Å². The predicted molar refractivity (Wildman–Crippen MR) is 111 cm³/mol. The van der Waals surface area contributed by atoms with Gasteiger partial charge in [-0.2, -0.15) is 0 Å². The third-order valence-corrected chi connectivity index (χ3v) is 5.51. The van der Waals surface area contributed by atoms with Crippen molar-refractivity contribution in [3.05, 3.63) is 77.3 Å². The highest BCUT2D eigenvalue weighted by atomic mass is 35.5. The van der Waals surface area contributed by atoms with E-state index in [-0.39, 0.29) is 12.5 Å². The molecule has 1 N–H and O–H groups in total. The maximum atomic E-state index is 12.2. The Morgan fingerprint density at radius 1 is 1.19 bits per heavy atom. The van der Waals surface area contributed by atoms with E-state index in [9.17, 15) is 13.2 Å². The zero-order valence-corrected chi connectivity index (χ0v) is 16.8. The Morgan fingerprint density at radius 3 is 2.44 bits per heavy atom. The fraction of sp³-hybridized carbons (Fsp3) is 0.250. The molecule has 1 amide bonds. The topological polar surface area (TPSA) is 66.5 Å². The molecule has 0 saturated heterocycles. The van der Waals surface area contributed by atoms with Gasteiger partial charge in [-0.3, -0.25) is 9.10 Å². The standard InChI is InChI=1S/C20H23ClN2O3S/c1-3-15-23(27(2,25)26)18-12-10-17(11-13-18)20(24)22-14-6-8-16-7-4-5-9-19(16)21/h3-5,7,9-13H,1,6,8,14-15H2,2H3,(H,22,24). The molecule has 0 fully saturated rings. The van der Waals surface area contributed by atoms with E-state index in [4.69, 9.17) is 11.6 Å². The largest absolute Gasteiger partial charge is 0.352 e. The Bertz CT molecular complexity index is 896. The zero-order chi connectivity index (χ0) is 19.9. The Balaban J connectivity index is 1.91. The quantitative estimate of drug-likeness (QED) is 0.510. The van der Waals surface area contributed by atoms with E-state index >= 15 is 0 Å². The van der Waals surface area contributed by atoms with Gasteiger partial charge in [-0.1, -0.05) is 35.9 Å². The molecule has 0 aliphatic carbocycles. The molecule has 27 heavy (non-hydrogen) atoms.